The summed E-state index contributed by atoms with van der Waals surface area (Å²) in [5, 5.41) is 8.65. The molecule has 86 valence electrons. The molecule has 7 heteroatoms. The van der Waals surface area contributed by atoms with Gasteiger partial charge in [0, 0.05) is 0 Å². The van der Waals surface area contributed by atoms with Gasteiger partial charge in [-0.2, -0.15) is 0 Å². The quantitative estimate of drug-likeness (QED) is 0.478. The monoisotopic (exact) mass is 228 g/mol. The van der Waals surface area contributed by atoms with Gasteiger partial charge in [0.2, 0.25) is 0 Å². The predicted molar refractivity (Wildman–Crippen MR) is 52.6 cm³/mol. The Hall–Kier alpha value is -2.18. The van der Waals surface area contributed by atoms with Crippen molar-refractivity contribution in [1.82, 2.24) is 0 Å². The van der Waals surface area contributed by atoms with Crippen LogP contribution in [0.2, 0.25) is 0 Å². The van der Waals surface area contributed by atoms with Gasteiger partial charge in [-0.1, -0.05) is 13.0 Å². The van der Waals surface area contributed by atoms with E-state index in [0.717, 1.165) is 6.07 Å². The number of anilines is 1. The second kappa shape index (κ2) is 4.56. The molecular formula is C9H9FN2O4. The molecule has 0 saturated carbocycles. The SMILES string of the molecule is CCc1ccc(F)c(C(=O)O[N+](=O)[O-])c1N. The summed E-state index contributed by atoms with van der Waals surface area (Å²) in [6, 6.07) is 2.43. The smallest absolute Gasteiger partial charge is 0.339 e. The molecule has 0 atom stereocenters. The molecule has 0 spiro atoms. The Bertz CT molecular complexity index is 447. The van der Waals surface area contributed by atoms with Gasteiger partial charge in [0.25, 0.3) is 0 Å². The van der Waals surface area contributed by atoms with E-state index < -0.39 is 22.4 Å². The number of carbonyl (C=O) groups is 1. The van der Waals surface area contributed by atoms with Gasteiger partial charge in [0.05, 0.1) is 5.69 Å². The van der Waals surface area contributed by atoms with E-state index in [9.17, 15) is 19.3 Å². The van der Waals surface area contributed by atoms with Crippen molar-refractivity contribution in [3.8, 4) is 0 Å². The third-order valence-electron chi connectivity index (χ3n) is 2.03. The van der Waals surface area contributed by atoms with Gasteiger partial charge in [0.1, 0.15) is 11.4 Å². The van der Waals surface area contributed by atoms with Crippen LogP contribution in [0.4, 0.5) is 10.1 Å². The number of nitrogens with two attached hydrogens (primary N) is 1. The van der Waals surface area contributed by atoms with Crippen molar-refractivity contribution in [2.24, 2.45) is 0 Å². The molecule has 0 aromatic heterocycles. The number of halogens is 1. The van der Waals surface area contributed by atoms with E-state index in [4.69, 9.17) is 5.73 Å². The average molecular weight is 228 g/mol. The Kier molecular flexibility index (Phi) is 3.39. The molecule has 0 aliphatic carbocycles. The zero-order chi connectivity index (χ0) is 12.3. The topological polar surface area (TPSA) is 95.5 Å². The lowest BCUT2D eigenvalue weighted by Crippen LogP contribution is -2.15. The van der Waals surface area contributed by atoms with Crippen LogP contribution in [0.25, 0.3) is 0 Å². The minimum atomic E-state index is -1.41. The molecule has 1 rings (SSSR count). The van der Waals surface area contributed by atoms with Crippen LogP contribution in [-0.4, -0.2) is 11.1 Å². The molecule has 0 saturated heterocycles. The molecule has 0 aliphatic heterocycles. The van der Waals surface area contributed by atoms with Crippen molar-refractivity contribution in [1.29, 1.82) is 0 Å². The van der Waals surface area contributed by atoms with Crippen LogP contribution in [0.1, 0.15) is 22.8 Å². The van der Waals surface area contributed by atoms with Gasteiger partial charge in [-0.05, 0) is 18.1 Å². The first-order valence-corrected chi connectivity index (χ1v) is 4.40. The van der Waals surface area contributed by atoms with Gasteiger partial charge in [-0.15, -0.1) is 10.1 Å². The molecule has 6 nitrogen and oxygen atoms in total. The molecule has 1 aromatic rings. The van der Waals surface area contributed by atoms with Gasteiger partial charge in [0.15, 0.2) is 0 Å². The molecule has 0 amide bonds. The van der Waals surface area contributed by atoms with E-state index >= 15 is 0 Å². The minimum absolute atomic E-state index is 0.130. The summed E-state index contributed by atoms with van der Waals surface area (Å²) in [6.45, 7) is 1.76. The van der Waals surface area contributed by atoms with Crippen molar-refractivity contribution in [3.05, 3.63) is 39.2 Å². The predicted octanol–water partition coefficient (Wildman–Crippen LogP) is 1.32. The van der Waals surface area contributed by atoms with Crippen LogP contribution in [-0.2, 0) is 11.3 Å². The Morgan fingerprint density at radius 3 is 2.75 bits per heavy atom. The number of rotatable bonds is 3. The normalized spacial score (nSPS) is 9.88. The van der Waals surface area contributed by atoms with Crippen molar-refractivity contribution >= 4 is 11.7 Å². The molecule has 1 aromatic carbocycles. The molecular weight excluding hydrogens is 219 g/mol. The number of hydrogen-bond donors (Lipinski definition) is 1. The van der Waals surface area contributed by atoms with Crippen LogP contribution in [0, 0.1) is 15.9 Å². The number of nitrogens with zero attached hydrogens (tertiary/aromatic N) is 1. The van der Waals surface area contributed by atoms with E-state index in [1.807, 2.05) is 0 Å². The second-order valence-electron chi connectivity index (χ2n) is 2.95. The fourth-order valence-electron chi connectivity index (χ4n) is 1.27. The first-order chi connectivity index (χ1) is 7.47. The van der Waals surface area contributed by atoms with Gasteiger partial charge < -0.3 is 5.73 Å². The van der Waals surface area contributed by atoms with Crippen molar-refractivity contribution < 1.29 is 19.1 Å². The fourth-order valence-corrected chi connectivity index (χ4v) is 1.27. The summed E-state index contributed by atoms with van der Waals surface area (Å²) in [6.07, 6.45) is 0.477. The molecule has 0 fully saturated rings. The van der Waals surface area contributed by atoms with Gasteiger partial charge >= 0.3 is 11.1 Å². The standard InChI is InChI=1S/C9H9FN2O4/c1-2-5-3-4-6(10)7(8(5)11)9(13)16-12(14)15/h3-4H,2,11H2,1H3. The van der Waals surface area contributed by atoms with Gasteiger partial charge in [-0.3, -0.25) is 4.79 Å². The highest BCUT2D eigenvalue weighted by molar-refractivity contribution is 5.95. The third-order valence-corrected chi connectivity index (χ3v) is 2.03. The Morgan fingerprint density at radius 2 is 2.25 bits per heavy atom. The molecule has 0 heterocycles. The lowest BCUT2D eigenvalue weighted by molar-refractivity contribution is -0.727. The highest BCUT2D eigenvalue weighted by Crippen LogP contribution is 2.22. The second-order valence-corrected chi connectivity index (χ2v) is 2.95. The van der Waals surface area contributed by atoms with Crippen LogP contribution in [0.3, 0.4) is 0 Å². The largest absolute Gasteiger partial charge is 0.398 e. The zero-order valence-corrected chi connectivity index (χ0v) is 8.40. The summed E-state index contributed by atoms with van der Waals surface area (Å²) in [5.41, 5.74) is 5.30. The van der Waals surface area contributed by atoms with Crippen LogP contribution >= 0.6 is 0 Å². The number of aryl methyl sites for hydroxylation is 1. The maximum Gasteiger partial charge on any atom is 0.339 e. The van der Waals surface area contributed by atoms with E-state index in [0.29, 0.717) is 12.0 Å². The number of hydrogen-bond acceptors (Lipinski definition) is 5. The molecule has 0 bridgehead atoms. The Morgan fingerprint density at radius 1 is 1.62 bits per heavy atom. The number of carbonyl (C=O) groups excluding carboxylic acids is 1. The maximum absolute atomic E-state index is 13.3. The zero-order valence-electron chi connectivity index (χ0n) is 8.40. The Labute approximate surface area is 89.9 Å². The molecule has 0 radical (unpaired) electrons. The molecule has 0 unspecified atom stereocenters. The van der Waals surface area contributed by atoms with Crippen LogP contribution in [0.5, 0.6) is 0 Å². The highest BCUT2D eigenvalue weighted by atomic mass is 19.1. The summed E-state index contributed by atoms with van der Waals surface area (Å²) in [7, 11) is 0. The average Bonchev–Trinajstić information content (AvgIpc) is 2.16. The Balaban J connectivity index is 3.21. The van der Waals surface area contributed by atoms with E-state index in [1.165, 1.54) is 6.07 Å². The minimum Gasteiger partial charge on any atom is -0.398 e. The third kappa shape index (κ3) is 2.25. The van der Waals surface area contributed by atoms with E-state index in [2.05, 4.69) is 4.84 Å². The fraction of sp³-hybridized carbons (Fsp3) is 0.222. The molecule has 16 heavy (non-hydrogen) atoms. The van der Waals surface area contributed by atoms with E-state index in [-0.39, 0.29) is 5.69 Å². The van der Waals surface area contributed by atoms with Crippen LogP contribution in [0.15, 0.2) is 12.1 Å². The summed E-state index contributed by atoms with van der Waals surface area (Å²) in [4.78, 5) is 24.8. The van der Waals surface area contributed by atoms with Gasteiger partial charge in [-0.25, -0.2) is 9.23 Å². The van der Waals surface area contributed by atoms with E-state index in [1.54, 1.807) is 6.92 Å². The van der Waals surface area contributed by atoms with Crippen molar-refractivity contribution in [2.45, 2.75) is 13.3 Å². The molecule has 2 N–H and O–H groups in total. The van der Waals surface area contributed by atoms with Crippen molar-refractivity contribution in [3.63, 3.8) is 0 Å². The first kappa shape index (κ1) is 11.9. The van der Waals surface area contributed by atoms with Crippen molar-refractivity contribution in [2.75, 3.05) is 5.73 Å². The lowest BCUT2D eigenvalue weighted by Gasteiger charge is -2.08. The number of benzene rings is 1. The first-order valence-electron chi connectivity index (χ1n) is 4.40. The summed E-state index contributed by atoms with van der Waals surface area (Å²) in [5.74, 6) is -2.35. The van der Waals surface area contributed by atoms with Crippen LogP contribution < -0.4 is 5.73 Å². The highest BCUT2D eigenvalue weighted by Gasteiger charge is 2.20. The number of nitrogen functional groups attached to an aromatic ring is 1. The maximum atomic E-state index is 13.3. The summed E-state index contributed by atoms with van der Waals surface area (Å²) >= 11 is 0. The lowest BCUT2D eigenvalue weighted by atomic mass is 10.0. The summed E-state index contributed by atoms with van der Waals surface area (Å²) < 4.78 is 13.3. The molecule has 0 aliphatic rings.